The molecule has 20 heavy (non-hydrogen) atoms. The van der Waals surface area contributed by atoms with Crippen molar-refractivity contribution in [2.24, 2.45) is 0 Å². The van der Waals surface area contributed by atoms with E-state index in [-0.39, 0.29) is 0 Å². The lowest BCUT2D eigenvalue weighted by Crippen LogP contribution is -2.46. The van der Waals surface area contributed by atoms with Gasteiger partial charge in [-0.2, -0.15) is 13.2 Å². The smallest absolute Gasteiger partial charge is 0.314 e. The molecular weight excluding hydrogens is 357 g/mol. The van der Waals surface area contributed by atoms with Gasteiger partial charge in [0.2, 0.25) is 0 Å². The van der Waals surface area contributed by atoms with Gasteiger partial charge in [0.25, 0.3) is 0 Å². The summed E-state index contributed by atoms with van der Waals surface area (Å²) in [6.07, 6.45) is -5.11. The highest BCUT2D eigenvalue weighted by molar-refractivity contribution is 9.10. The van der Waals surface area contributed by atoms with E-state index in [1.54, 1.807) is 18.2 Å². The Hall–Kier alpha value is -0.300. The van der Waals surface area contributed by atoms with Crippen LogP contribution in [0.25, 0.3) is 0 Å². The van der Waals surface area contributed by atoms with Gasteiger partial charge in [-0.3, -0.25) is 4.90 Å². The Kier molecular flexibility index (Phi) is 5.34. The van der Waals surface area contributed by atoms with Crippen LogP contribution in [0.15, 0.2) is 22.7 Å². The molecule has 1 aliphatic rings. The van der Waals surface area contributed by atoms with Crippen molar-refractivity contribution in [1.82, 2.24) is 10.2 Å². The number of halogens is 5. The molecule has 112 valence electrons. The monoisotopic (exact) mass is 370 g/mol. The maximum Gasteiger partial charge on any atom is 0.390 e. The summed E-state index contributed by atoms with van der Waals surface area (Å²) in [5, 5.41) is 3.52. The molecule has 1 aliphatic heterocycles. The number of piperazine rings is 1. The largest absolute Gasteiger partial charge is 0.390 e. The van der Waals surface area contributed by atoms with Crippen LogP contribution in [-0.2, 0) is 0 Å². The minimum Gasteiger partial charge on any atom is -0.314 e. The van der Waals surface area contributed by atoms with E-state index in [1.165, 1.54) is 0 Å². The fourth-order valence-corrected chi connectivity index (χ4v) is 3.04. The summed E-state index contributed by atoms with van der Waals surface area (Å²) in [4.78, 5) is 1.84. The first-order chi connectivity index (χ1) is 9.37. The summed E-state index contributed by atoms with van der Waals surface area (Å²) in [6.45, 7) is 2.56. The van der Waals surface area contributed by atoms with Crippen LogP contribution >= 0.6 is 27.5 Å². The lowest BCUT2D eigenvalue weighted by atomic mass is 10.0. The molecule has 0 aliphatic carbocycles. The van der Waals surface area contributed by atoms with E-state index >= 15 is 0 Å². The Labute approximate surface area is 129 Å². The normalized spacial score (nSPS) is 19.1. The Morgan fingerprint density at radius 1 is 1.30 bits per heavy atom. The van der Waals surface area contributed by atoms with Gasteiger partial charge in [-0.25, -0.2) is 0 Å². The first-order valence-electron chi connectivity index (χ1n) is 6.33. The molecule has 2 rings (SSSR count). The summed E-state index contributed by atoms with van der Waals surface area (Å²) >= 11 is 9.41. The van der Waals surface area contributed by atoms with Crippen LogP contribution in [0.1, 0.15) is 18.0 Å². The second kappa shape index (κ2) is 6.64. The highest BCUT2D eigenvalue weighted by Crippen LogP contribution is 2.38. The zero-order valence-corrected chi connectivity index (χ0v) is 13.0. The molecule has 0 aromatic heterocycles. The molecule has 1 aromatic carbocycles. The minimum absolute atomic E-state index is 0.376. The SMILES string of the molecule is FC(F)(F)C[C@H](c1cc(Br)ccc1Cl)N1CCNCC1. The second-order valence-corrected chi connectivity index (χ2v) is 6.11. The molecule has 0 spiro atoms. The molecule has 1 heterocycles. The van der Waals surface area contributed by atoms with Gasteiger partial charge >= 0.3 is 6.18 Å². The van der Waals surface area contributed by atoms with E-state index < -0.39 is 18.6 Å². The molecular formula is C13H15BrClF3N2. The average Bonchev–Trinajstić information content (AvgIpc) is 2.39. The number of rotatable bonds is 3. The maximum absolute atomic E-state index is 12.9. The van der Waals surface area contributed by atoms with Gasteiger partial charge in [0.15, 0.2) is 0 Å². The molecule has 0 bridgehead atoms. The van der Waals surface area contributed by atoms with Gasteiger partial charge in [-0.15, -0.1) is 0 Å². The van der Waals surface area contributed by atoms with Crippen LogP contribution in [0, 0.1) is 0 Å². The Bertz CT molecular complexity index is 461. The Balaban J connectivity index is 2.31. The number of hydrogen-bond donors (Lipinski definition) is 1. The molecule has 7 heteroatoms. The van der Waals surface area contributed by atoms with Crippen LogP contribution in [-0.4, -0.2) is 37.3 Å². The van der Waals surface area contributed by atoms with E-state index in [4.69, 9.17) is 11.6 Å². The predicted octanol–water partition coefficient (Wildman–Crippen LogP) is 4.00. The van der Waals surface area contributed by atoms with Crippen LogP contribution in [0.3, 0.4) is 0 Å². The fourth-order valence-electron chi connectivity index (χ4n) is 2.42. The lowest BCUT2D eigenvalue weighted by Gasteiger charge is -2.36. The van der Waals surface area contributed by atoms with Crippen molar-refractivity contribution in [1.29, 1.82) is 0 Å². The molecule has 0 saturated carbocycles. The van der Waals surface area contributed by atoms with Crippen LogP contribution in [0.5, 0.6) is 0 Å². The molecule has 2 nitrogen and oxygen atoms in total. The van der Waals surface area contributed by atoms with Crippen molar-refractivity contribution in [2.45, 2.75) is 18.6 Å². The third-order valence-corrected chi connectivity index (χ3v) is 4.17. The molecule has 1 atom stereocenters. The van der Waals surface area contributed by atoms with Gasteiger partial charge in [-0.1, -0.05) is 27.5 Å². The summed E-state index contributed by atoms with van der Waals surface area (Å²) in [6, 6.07) is 4.31. The van der Waals surface area contributed by atoms with E-state index in [0.717, 1.165) is 4.47 Å². The van der Waals surface area contributed by atoms with E-state index in [9.17, 15) is 13.2 Å². The van der Waals surface area contributed by atoms with E-state index in [1.807, 2.05) is 4.90 Å². The van der Waals surface area contributed by atoms with Crippen molar-refractivity contribution < 1.29 is 13.2 Å². The van der Waals surface area contributed by atoms with Gasteiger partial charge in [0.1, 0.15) is 0 Å². The third-order valence-electron chi connectivity index (χ3n) is 3.33. The van der Waals surface area contributed by atoms with Crippen molar-refractivity contribution in [3.05, 3.63) is 33.3 Å². The van der Waals surface area contributed by atoms with Crippen LogP contribution in [0.2, 0.25) is 5.02 Å². The summed E-state index contributed by atoms with van der Waals surface area (Å²) < 4.78 is 39.4. The number of alkyl halides is 3. The molecule has 1 aromatic rings. The molecule has 0 radical (unpaired) electrons. The first kappa shape index (κ1) is 16.1. The van der Waals surface area contributed by atoms with Crippen molar-refractivity contribution in [3.63, 3.8) is 0 Å². The standard InChI is InChI=1S/C13H15BrClF3N2/c14-9-1-2-11(15)10(7-9)12(8-13(16,17)18)20-5-3-19-4-6-20/h1-2,7,12,19H,3-6,8H2/t12-/m1/s1. The highest BCUT2D eigenvalue weighted by Gasteiger charge is 2.36. The van der Waals surface area contributed by atoms with Gasteiger partial charge < -0.3 is 5.32 Å². The first-order valence-corrected chi connectivity index (χ1v) is 7.50. The lowest BCUT2D eigenvalue weighted by molar-refractivity contribution is -0.148. The van der Waals surface area contributed by atoms with Gasteiger partial charge in [0.05, 0.1) is 6.42 Å². The predicted molar refractivity (Wildman–Crippen MR) is 77.0 cm³/mol. The zero-order valence-electron chi connectivity index (χ0n) is 10.7. The number of nitrogens with one attached hydrogen (secondary N) is 1. The van der Waals surface area contributed by atoms with Gasteiger partial charge in [0, 0.05) is 41.7 Å². The van der Waals surface area contributed by atoms with Crippen molar-refractivity contribution in [3.8, 4) is 0 Å². The number of nitrogens with zero attached hydrogens (tertiary/aromatic N) is 1. The van der Waals surface area contributed by atoms with Crippen LogP contribution < -0.4 is 5.32 Å². The van der Waals surface area contributed by atoms with E-state index in [0.29, 0.717) is 36.8 Å². The third kappa shape index (κ3) is 4.35. The van der Waals surface area contributed by atoms with E-state index in [2.05, 4.69) is 21.2 Å². The zero-order chi connectivity index (χ0) is 14.8. The second-order valence-electron chi connectivity index (χ2n) is 4.79. The number of hydrogen-bond acceptors (Lipinski definition) is 2. The van der Waals surface area contributed by atoms with Crippen molar-refractivity contribution in [2.75, 3.05) is 26.2 Å². The maximum atomic E-state index is 12.9. The molecule has 0 amide bonds. The van der Waals surface area contributed by atoms with Crippen molar-refractivity contribution >= 4 is 27.5 Å². The average molecular weight is 372 g/mol. The minimum atomic E-state index is -4.22. The summed E-state index contributed by atoms with van der Waals surface area (Å²) in [5.74, 6) is 0. The quantitative estimate of drug-likeness (QED) is 0.864. The Morgan fingerprint density at radius 3 is 2.55 bits per heavy atom. The Morgan fingerprint density at radius 2 is 1.95 bits per heavy atom. The fraction of sp³-hybridized carbons (Fsp3) is 0.538. The highest BCUT2D eigenvalue weighted by atomic mass is 79.9. The topological polar surface area (TPSA) is 15.3 Å². The number of benzene rings is 1. The van der Waals surface area contributed by atoms with Gasteiger partial charge in [-0.05, 0) is 23.8 Å². The molecule has 1 saturated heterocycles. The molecule has 1 fully saturated rings. The molecule has 0 unspecified atom stereocenters. The summed E-state index contributed by atoms with van der Waals surface area (Å²) in [7, 11) is 0. The van der Waals surface area contributed by atoms with Crippen LogP contribution in [0.4, 0.5) is 13.2 Å². The summed E-state index contributed by atoms with van der Waals surface area (Å²) in [5.41, 5.74) is 0.528. The molecule has 1 N–H and O–H groups in total.